The maximum Gasteiger partial charge on any atom is 0.270 e. The van der Waals surface area contributed by atoms with Gasteiger partial charge in [-0.25, -0.2) is 0 Å². The Labute approximate surface area is 243 Å². The summed E-state index contributed by atoms with van der Waals surface area (Å²) in [5, 5.41) is 14.8. The van der Waals surface area contributed by atoms with Gasteiger partial charge in [0.1, 0.15) is 5.75 Å². The van der Waals surface area contributed by atoms with E-state index in [0.29, 0.717) is 59.5 Å². The molecule has 41 heavy (non-hydrogen) atoms. The van der Waals surface area contributed by atoms with Gasteiger partial charge in [-0.05, 0) is 67.8 Å². The third kappa shape index (κ3) is 6.38. The molecule has 0 radical (unpaired) electrons. The van der Waals surface area contributed by atoms with Crippen LogP contribution in [-0.4, -0.2) is 68.0 Å². The normalized spacial score (nSPS) is 15.4. The van der Waals surface area contributed by atoms with Gasteiger partial charge in [-0.1, -0.05) is 11.6 Å². The molecule has 2 aliphatic rings. The van der Waals surface area contributed by atoms with Crippen LogP contribution < -0.4 is 19.9 Å². The first-order chi connectivity index (χ1) is 19.8. The minimum atomic E-state index is -0.482. The Balaban J connectivity index is 1.23. The number of nitrogens with one attached hydrogen (secondary N) is 1. The number of nitro benzene ring substituents is 1. The van der Waals surface area contributed by atoms with Crippen LogP contribution in [0.4, 0.5) is 22.7 Å². The van der Waals surface area contributed by atoms with Crippen molar-refractivity contribution in [3.63, 3.8) is 0 Å². The van der Waals surface area contributed by atoms with Gasteiger partial charge in [-0.2, -0.15) is 0 Å². The molecular weight excluding hydrogens is 546 g/mol. The van der Waals surface area contributed by atoms with Crippen LogP contribution in [0.5, 0.6) is 5.75 Å². The average Bonchev–Trinajstić information content (AvgIpc) is 3.01. The fourth-order valence-electron chi connectivity index (χ4n) is 5.37. The van der Waals surface area contributed by atoms with Crippen molar-refractivity contribution in [3.8, 4) is 5.75 Å². The van der Waals surface area contributed by atoms with Crippen molar-refractivity contribution in [2.75, 3.05) is 61.5 Å². The summed E-state index contributed by atoms with van der Waals surface area (Å²) in [6.45, 7) is 4.01. The number of piperazine rings is 1. The SMILES string of the molecule is COc1ccc(Cl)cc1C(=O)N1CCN(c2ccc(NC(=O)c3cc([N+](=O)[O-])ccc3N3CCCCC3)cc2)CC1. The monoisotopic (exact) mass is 577 g/mol. The number of piperidine rings is 1. The van der Waals surface area contributed by atoms with Gasteiger partial charge in [0, 0.05) is 67.8 Å². The van der Waals surface area contributed by atoms with Crippen LogP contribution in [0.25, 0.3) is 0 Å². The second kappa shape index (κ2) is 12.5. The van der Waals surface area contributed by atoms with E-state index in [0.717, 1.165) is 38.0 Å². The first kappa shape index (κ1) is 28.2. The molecule has 2 heterocycles. The Hall–Kier alpha value is -4.31. The minimum Gasteiger partial charge on any atom is -0.496 e. The first-order valence-electron chi connectivity index (χ1n) is 13.7. The number of halogens is 1. The van der Waals surface area contributed by atoms with Gasteiger partial charge < -0.3 is 24.8 Å². The van der Waals surface area contributed by atoms with Crippen LogP contribution in [0.2, 0.25) is 5.02 Å². The summed E-state index contributed by atoms with van der Waals surface area (Å²) in [4.78, 5) is 43.4. The zero-order chi connectivity index (χ0) is 28.9. The smallest absolute Gasteiger partial charge is 0.270 e. The molecule has 0 saturated carbocycles. The minimum absolute atomic E-state index is 0.113. The lowest BCUT2D eigenvalue weighted by Gasteiger charge is -2.36. The largest absolute Gasteiger partial charge is 0.496 e. The molecule has 0 aromatic heterocycles. The summed E-state index contributed by atoms with van der Waals surface area (Å²) in [6, 6.07) is 17.0. The molecule has 0 aliphatic carbocycles. The standard InChI is InChI=1S/C30H32ClN5O5/c1-41-28-12-5-21(31)19-26(28)30(38)35-17-15-33(16-18-35)23-8-6-22(7-9-23)32-29(37)25-20-24(36(39)40)10-11-27(25)34-13-3-2-4-14-34/h5-12,19-20H,2-4,13-18H2,1H3,(H,32,37). The van der Waals surface area contributed by atoms with E-state index >= 15 is 0 Å². The number of carbonyl (C=O) groups excluding carboxylic acids is 2. The van der Waals surface area contributed by atoms with Crippen molar-refractivity contribution >= 4 is 46.2 Å². The number of hydrogen-bond acceptors (Lipinski definition) is 7. The third-order valence-electron chi connectivity index (χ3n) is 7.58. The second-order valence-electron chi connectivity index (χ2n) is 10.1. The average molecular weight is 578 g/mol. The van der Waals surface area contributed by atoms with E-state index in [-0.39, 0.29) is 17.5 Å². The van der Waals surface area contributed by atoms with Crippen molar-refractivity contribution in [2.24, 2.45) is 0 Å². The molecule has 3 aromatic carbocycles. The van der Waals surface area contributed by atoms with Gasteiger partial charge >= 0.3 is 0 Å². The number of hydrogen-bond donors (Lipinski definition) is 1. The Morgan fingerprint density at radius 2 is 1.56 bits per heavy atom. The number of amides is 2. The predicted molar refractivity (Wildman–Crippen MR) is 160 cm³/mol. The number of carbonyl (C=O) groups is 2. The molecule has 0 bridgehead atoms. The van der Waals surface area contributed by atoms with E-state index in [1.165, 1.54) is 19.2 Å². The molecule has 5 rings (SSSR count). The van der Waals surface area contributed by atoms with Crippen molar-refractivity contribution in [1.29, 1.82) is 0 Å². The van der Waals surface area contributed by atoms with Gasteiger partial charge in [0.25, 0.3) is 17.5 Å². The number of nitro groups is 1. The second-order valence-corrected chi connectivity index (χ2v) is 10.6. The van der Waals surface area contributed by atoms with Gasteiger partial charge in [-0.3, -0.25) is 19.7 Å². The van der Waals surface area contributed by atoms with Crippen molar-refractivity contribution < 1.29 is 19.2 Å². The lowest BCUT2D eigenvalue weighted by atomic mass is 10.1. The third-order valence-corrected chi connectivity index (χ3v) is 7.82. The fourth-order valence-corrected chi connectivity index (χ4v) is 5.54. The summed E-state index contributed by atoms with van der Waals surface area (Å²) in [5.41, 5.74) is 2.91. The van der Waals surface area contributed by atoms with Gasteiger partial charge in [0.05, 0.1) is 28.8 Å². The Kier molecular flexibility index (Phi) is 8.58. The van der Waals surface area contributed by atoms with Crippen molar-refractivity contribution in [1.82, 2.24) is 4.90 Å². The Bertz CT molecular complexity index is 1430. The molecule has 0 spiro atoms. The van der Waals surface area contributed by atoms with Crippen LogP contribution in [-0.2, 0) is 0 Å². The molecule has 0 unspecified atom stereocenters. The topological polar surface area (TPSA) is 108 Å². The van der Waals surface area contributed by atoms with E-state index in [2.05, 4.69) is 15.1 Å². The van der Waals surface area contributed by atoms with E-state index in [4.69, 9.17) is 16.3 Å². The molecule has 214 valence electrons. The van der Waals surface area contributed by atoms with E-state index in [1.807, 2.05) is 24.3 Å². The number of benzene rings is 3. The van der Waals surface area contributed by atoms with Crippen LogP contribution in [0.1, 0.15) is 40.0 Å². The molecule has 2 aliphatic heterocycles. The van der Waals surface area contributed by atoms with E-state index in [9.17, 15) is 19.7 Å². The summed E-state index contributed by atoms with van der Waals surface area (Å²) < 4.78 is 5.34. The van der Waals surface area contributed by atoms with Gasteiger partial charge in [-0.15, -0.1) is 0 Å². The molecule has 10 nitrogen and oxygen atoms in total. The molecule has 2 saturated heterocycles. The number of non-ortho nitro benzene ring substituents is 1. The maximum atomic E-state index is 13.3. The van der Waals surface area contributed by atoms with Crippen molar-refractivity contribution in [2.45, 2.75) is 19.3 Å². The summed E-state index contributed by atoms with van der Waals surface area (Å²) >= 11 is 6.11. The summed E-state index contributed by atoms with van der Waals surface area (Å²) in [6.07, 6.45) is 3.19. The highest BCUT2D eigenvalue weighted by atomic mass is 35.5. The maximum absolute atomic E-state index is 13.3. The number of rotatable bonds is 7. The predicted octanol–water partition coefficient (Wildman–Crippen LogP) is 5.46. The summed E-state index contributed by atoms with van der Waals surface area (Å²) in [5.74, 6) is -0.00894. The quantitative estimate of drug-likeness (QED) is 0.293. The lowest BCUT2D eigenvalue weighted by Crippen LogP contribution is -2.48. The number of methoxy groups -OCH3 is 1. The zero-order valence-electron chi connectivity index (χ0n) is 22.8. The molecule has 3 aromatic rings. The first-order valence-corrected chi connectivity index (χ1v) is 14.0. The number of anilines is 3. The van der Waals surface area contributed by atoms with E-state index < -0.39 is 4.92 Å². The molecule has 2 amide bonds. The molecular formula is C30H32ClN5O5. The highest BCUT2D eigenvalue weighted by molar-refractivity contribution is 6.31. The Morgan fingerprint density at radius 3 is 2.22 bits per heavy atom. The highest BCUT2D eigenvalue weighted by Crippen LogP contribution is 2.30. The van der Waals surface area contributed by atoms with E-state index in [1.54, 1.807) is 29.2 Å². The number of nitrogens with zero attached hydrogens (tertiary/aromatic N) is 4. The highest BCUT2D eigenvalue weighted by Gasteiger charge is 2.25. The Morgan fingerprint density at radius 1 is 0.854 bits per heavy atom. The molecule has 11 heteroatoms. The van der Waals surface area contributed by atoms with Crippen LogP contribution >= 0.6 is 11.6 Å². The van der Waals surface area contributed by atoms with Gasteiger partial charge in [0.2, 0.25) is 0 Å². The van der Waals surface area contributed by atoms with Crippen molar-refractivity contribution in [3.05, 3.63) is 86.9 Å². The molecule has 0 atom stereocenters. The zero-order valence-corrected chi connectivity index (χ0v) is 23.6. The fraction of sp³-hybridized carbons (Fsp3) is 0.333. The summed E-state index contributed by atoms with van der Waals surface area (Å²) in [7, 11) is 1.53. The molecule has 2 fully saturated rings. The number of ether oxygens (including phenoxy) is 1. The lowest BCUT2D eigenvalue weighted by molar-refractivity contribution is -0.384. The molecule has 1 N–H and O–H groups in total. The van der Waals surface area contributed by atoms with Crippen LogP contribution in [0.3, 0.4) is 0 Å². The van der Waals surface area contributed by atoms with Crippen LogP contribution in [0.15, 0.2) is 60.7 Å². The van der Waals surface area contributed by atoms with Gasteiger partial charge in [0.15, 0.2) is 0 Å². The van der Waals surface area contributed by atoms with Crippen LogP contribution in [0, 0.1) is 10.1 Å².